The van der Waals surface area contributed by atoms with E-state index in [-0.39, 0.29) is 30.9 Å². The second kappa shape index (κ2) is 5.75. The van der Waals surface area contributed by atoms with E-state index in [0.29, 0.717) is 0 Å². The third-order valence-corrected chi connectivity index (χ3v) is 2.78. The predicted octanol–water partition coefficient (Wildman–Crippen LogP) is 0.304. The molecular formula is C8H16Cl2N2O2. The summed E-state index contributed by atoms with van der Waals surface area (Å²) in [4.78, 5) is 15.2. The van der Waals surface area contributed by atoms with E-state index in [9.17, 15) is 4.79 Å². The van der Waals surface area contributed by atoms with Crippen molar-refractivity contribution in [3.63, 3.8) is 0 Å². The first-order chi connectivity index (χ1) is 5.77. The number of nitrogens with zero attached hydrogens (tertiary/aromatic N) is 2. The Hall–Kier alpha value is -0.0300. The molecule has 3 aliphatic heterocycles. The molecule has 3 atom stereocenters. The molecule has 14 heavy (non-hydrogen) atoms. The highest BCUT2D eigenvalue weighted by atomic mass is 35.5. The molecule has 3 fully saturated rings. The van der Waals surface area contributed by atoms with Gasteiger partial charge in [0.05, 0.1) is 0 Å². The topological polar surface area (TPSA) is 43.8 Å². The van der Waals surface area contributed by atoms with Crippen LogP contribution in [-0.2, 0) is 4.79 Å². The van der Waals surface area contributed by atoms with Crippen LogP contribution in [0.3, 0.4) is 0 Å². The largest absolute Gasteiger partial charge is 0.480 e. The van der Waals surface area contributed by atoms with Crippen molar-refractivity contribution in [3.8, 4) is 0 Å². The number of fused-ring (bicyclic) bond motifs is 4. The van der Waals surface area contributed by atoms with Gasteiger partial charge in [-0.2, -0.15) is 0 Å². The van der Waals surface area contributed by atoms with E-state index in [4.69, 9.17) is 5.11 Å². The lowest BCUT2D eigenvalue weighted by Gasteiger charge is -2.34. The van der Waals surface area contributed by atoms with Gasteiger partial charge in [-0.25, -0.2) is 0 Å². The summed E-state index contributed by atoms with van der Waals surface area (Å²) in [5.74, 6) is -0.665. The first-order valence-electron chi connectivity index (χ1n) is 4.46. The zero-order valence-electron chi connectivity index (χ0n) is 7.89. The summed E-state index contributed by atoms with van der Waals surface area (Å²) in [7, 11) is 0. The Kier molecular flexibility index (Phi) is 5.74. The van der Waals surface area contributed by atoms with Crippen LogP contribution in [0, 0.1) is 0 Å². The van der Waals surface area contributed by atoms with E-state index in [1.165, 1.54) is 0 Å². The summed E-state index contributed by atoms with van der Waals surface area (Å²) in [5.41, 5.74) is 0. The molecule has 0 aromatic carbocycles. The second-order valence-electron chi connectivity index (χ2n) is 3.54. The van der Waals surface area contributed by atoms with Crippen LogP contribution in [0.25, 0.3) is 0 Å². The number of halogens is 2. The normalized spacial score (nSPS) is 35.0. The van der Waals surface area contributed by atoms with Crippen LogP contribution in [0.1, 0.15) is 6.42 Å². The maximum absolute atomic E-state index is 10.8. The lowest BCUT2D eigenvalue weighted by Crippen LogP contribution is -2.53. The molecule has 4 nitrogen and oxygen atoms in total. The highest BCUT2D eigenvalue weighted by Gasteiger charge is 2.33. The summed E-state index contributed by atoms with van der Waals surface area (Å²) in [6.07, 6.45) is 1.11. The average Bonchev–Trinajstić information content (AvgIpc) is 2.36. The van der Waals surface area contributed by atoms with Crippen molar-refractivity contribution >= 4 is 30.8 Å². The van der Waals surface area contributed by atoms with Gasteiger partial charge in [0.25, 0.3) is 0 Å². The van der Waals surface area contributed by atoms with Gasteiger partial charge in [0, 0.05) is 26.2 Å². The molecule has 0 spiro atoms. The van der Waals surface area contributed by atoms with Gasteiger partial charge in [0.2, 0.25) is 0 Å². The monoisotopic (exact) mass is 242 g/mol. The van der Waals surface area contributed by atoms with Crippen molar-refractivity contribution in [2.45, 2.75) is 12.5 Å². The highest BCUT2D eigenvalue weighted by Crippen LogP contribution is 2.15. The maximum Gasteiger partial charge on any atom is 0.322 e. The van der Waals surface area contributed by atoms with Crippen LogP contribution in [0.15, 0.2) is 0 Å². The molecule has 84 valence electrons. The van der Waals surface area contributed by atoms with E-state index < -0.39 is 5.97 Å². The Labute approximate surface area is 96.1 Å². The molecule has 3 aliphatic rings. The molecule has 0 saturated carbocycles. The van der Waals surface area contributed by atoms with Crippen LogP contribution in [0.2, 0.25) is 0 Å². The fourth-order valence-electron chi connectivity index (χ4n) is 2.08. The standard InChI is InChI=1S/C8H14N2O2.2ClH/c11-8(12)7-6-9-2-1-3-10(7)5-4-9;;/h7H,1-6H2,(H,11,12);2*1H. The first kappa shape index (κ1) is 14.0. The molecule has 6 heteroatoms. The van der Waals surface area contributed by atoms with Gasteiger partial charge in [0.15, 0.2) is 0 Å². The summed E-state index contributed by atoms with van der Waals surface area (Å²) in [6.45, 7) is 4.71. The van der Waals surface area contributed by atoms with Crippen LogP contribution in [0.5, 0.6) is 0 Å². The smallest absolute Gasteiger partial charge is 0.322 e. The van der Waals surface area contributed by atoms with Crippen LogP contribution in [0.4, 0.5) is 0 Å². The SMILES string of the molecule is Cl.Cl.O=C(O)C1CN2CCCN1CC2. The molecule has 3 heterocycles. The third-order valence-electron chi connectivity index (χ3n) is 2.78. The number of carbonyl (C=O) groups is 1. The zero-order valence-corrected chi connectivity index (χ0v) is 9.52. The number of hydrogen-bond acceptors (Lipinski definition) is 3. The van der Waals surface area contributed by atoms with Crippen molar-refractivity contribution in [1.29, 1.82) is 0 Å². The number of piperazine rings is 1. The minimum Gasteiger partial charge on any atom is -0.480 e. The maximum atomic E-state index is 10.8. The summed E-state index contributed by atoms with van der Waals surface area (Å²) in [5, 5.41) is 8.92. The molecule has 3 saturated heterocycles. The van der Waals surface area contributed by atoms with Gasteiger partial charge >= 0.3 is 5.97 Å². The number of hydrogen-bond donors (Lipinski definition) is 1. The minimum absolute atomic E-state index is 0. The quantitative estimate of drug-likeness (QED) is 0.719. The van der Waals surface area contributed by atoms with Gasteiger partial charge < -0.3 is 5.11 Å². The van der Waals surface area contributed by atoms with Crippen molar-refractivity contribution in [2.75, 3.05) is 32.7 Å². The number of carboxylic acid groups (broad SMARTS) is 1. The molecular weight excluding hydrogens is 227 g/mol. The van der Waals surface area contributed by atoms with E-state index in [0.717, 1.165) is 39.1 Å². The molecule has 0 amide bonds. The molecule has 0 aromatic heterocycles. The Bertz CT molecular complexity index is 200. The van der Waals surface area contributed by atoms with Crippen LogP contribution in [-0.4, -0.2) is 59.6 Å². The predicted molar refractivity (Wildman–Crippen MR) is 58.5 cm³/mol. The van der Waals surface area contributed by atoms with Gasteiger partial charge in [0.1, 0.15) is 6.04 Å². The van der Waals surface area contributed by atoms with Crippen LogP contribution < -0.4 is 0 Å². The van der Waals surface area contributed by atoms with E-state index >= 15 is 0 Å². The van der Waals surface area contributed by atoms with Crippen molar-refractivity contribution in [3.05, 3.63) is 0 Å². The Morgan fingerprint density at radius 2 is 1.86 bits per heavy atom. The Morgan fingerprint density at radius 3 is 2.50 bits per heavy atom. The second-order valence-corrected chi connectivity index (χ2v) is 3.54. The van der Waals surface area contributed by atoms with E-state index in [1.807, 2.05) is 0 Å². The molecule has 1 N–H and O–H groups in total. The molecule has 0 radical (unpaired) electrons. The van der Waals surface area contributed by atoms with Crippen molar-refractivity contribution < 1.29 is 9.90 Å². The Morgan fingerprint density at radius 1 is 1.14 bits per heavy atom. The lowest BCUT2D eigenvalue weighted by molar-refractivity contribution is -0.144. The minimum atomic E-state index is -0.665. The van der Waals surface area contributed by atoms with E-state index in [2.05, 4.69) is 9.80 Å². The van der Waals surface area contributed by atoms with E-state index in [1.54, 1.807) is 0 Å². The van der Waals surface area contributed by atoms with Gasteiger partial charge in [-0.05, 0) is 13.0 Å². The first-order valence-corrected chi connectivity index (χ1v) is 4.46. The van der Waals surface area contributed by atoms with Gasteiger partial charge in [-0.1, -0.05) is 0 Å². The van der Waals surface area contributed by atoms with Crippen LogP contribution >= 0.6 is 24.8 Å². The molecule has 3 rings (SSSR count). The molecule has 3 unspecified atom stereocenters. The fourth-order valence-corrected chi connectivity index (χ4v) is 2.08. The summed E-state index contributed by atoms with van der Waals surface area (Å²) >= 11 is 0. The number of carboxylic acids is 1. The van der Waals surface area contributed by atoms with Crippen molar-refractivity contribution in [1.82, 2.24) is 9.80 Å². The molecule has 0 aromatic rings. The summed E-state index contributed by atoms with van der Waals surface area (Å²) in [6, 6.07) is -0.249. The molecule has 0 aliphatic carbocycles. The Balaban J connectivity index is 0.000000845. The third kappa shape index (κ3) is 2.73. The summed E-state index contributed by atoms with van der Waals surface area (Å²) < 4.78 is 0. The highest BCUT2D eigenvalue weighted by molar-refractivity contribution is 5.85. The average molecular weight is 243 g/mol. The number of aliphatic carboxylic acids is 1. The lowest BCUT2D eigenvalue weighted by atomic mass is 10.2. The number of rotatable bonds is 1. The van der Waals surface area contributed by atoms with Gasteiger partial charge in [-0.3, -0.25) is 14.6 Å². The van der Waals surface area contributed by atoms with Gasteiger partial charge in [-0.15, -0.1) is 24.8 Å². The fraction of sp³-hybridized carbons (Fsp3) is 0.875. The molecule has 2 bridgehead atoms. The zero-order chi connectivity index (χ0) is 8.55. The van der Waals surface area contributed by atoms with Crippen molar-refractivity contribution in [2.24, 2.45) is 0 Å².